The highest BCUT2D eigenvalue weighted by Crippen LogP contribution is 2.38. The van der Waals surface area contributed by atoms with Crippen molar-refractivity contribution in [1.29, 1.82) is 0 Å². The SMILES string of the molecule is CCCC(=O)Nc1ccc(SC(C(=O)Nc2cccc(Cl)c2Cl)c2ccccc2)cc1. The van der Waals surface area contributed by atoms with Gasteiger partial charge in [-0.3, -0.25) is 9.59 Å². The number of thioether (sulfide) groups is 1. The number of nitrogens with one attached hydrogen (secondary N) is 2. The molecule has 160 valence electrons. The molecular weight excluding hydrogens is 451 g/mol. The average molecular weight is 473 g/mol. The quantitative estimate of drug-likeness (QED) is 0.340. The molecule has 0 aliphatic carbocycles. The van der Waals surface area contributed by atoms with E-state index >= 15 is 0 Å². The Labute approximate surface area is 196 Å². The van der Waals surface area contributed by atoms with Crippen LogP contribution < -0.4 is 10.6 Å². The van der Waals surface area contributed by atoms with Crippen LogP contribution in [0.3, 0.4) is 0 Å². The van der Waals surface area contributed by atoms with Crippen molar-refractivity contribution in [3.8, 4) is 0 Å². The van der Waals surface area contributed by atoms with Gasteiger partial charge in [0.1, 0.15) is 5.25 Å². The van der Waals surface area contributed by atoms with Crippen LogP contribution in [0, 0.1) is 0 Å². The van der Waals surface area contributed by atoms with Crippen molar-refractivity contribution in [3.63, 3.8) is 0 Å². The van der Waals surface area contributed by atoms with Crippen molar-refractivity contribution in [3.05, 3.63) is 88.4 Å². The smallest absolute Gasteiger partial charge is 0.242 e. The maximum Gasteiger partial charge on any atom is 0.242 e. The van der Waals surface area contributed by atoms with Gasteiger partial charge in [-0.15, -0.1) is 11.8 Å². The summed E-state index contributed by atoms with van der Waals surface area (Å²) in [6.45, 7) is 1.96. The molecule has 2 N–H and O–H groups in total. The number of halogens is 2. The standard InChI is InChI=1S/C24H22Cl2N2O2S/c1-2-7-21(29)27-17-12-14-18(15-13-17)31-23(16-8-4-3-5-9-16)24(30)28-20-11-6-10-19(25)22(20)26/h3-6,8-15,23H,2,7H2,1H3,(H,27,29)(H,28,30). The summed E-state index contributed by atoms with van der Waals surface area (Å²) in [6, 6.07) is 22.1. The molecule has 0 aromatic heterocycles. The molecule has 0 spiro atoms. The summed E-state index contributed by atoms with van der Waals surface area (Å²) < 4.78 is 0. The zero-order chi connectivity index (χ0) is 22.2. The molecule has 0 saturated heterocycles. The molecule has 0 saturated carbocycles. The molecular formula is C24H22Cl2N2O2S. The molecule has 4 nitrogen and oxygen atoms in total. The normalized spacial score (nSPS) is 11.6. The summed E-state index contributed by atoms with van der Waals surface area (Å²) in [6.07, 6.45) is 1.28. The first-order valence-corrected chi connectivity index (χ1v) is 11.5. The molecule has 3 aromatic carbocycles. The van der Waals surface area contributed by atoms with Gasteiger partial charge in [0.05, 0.1) is 15.7 Å². The van der Waals surface area contributed by atoms with Crippen LogP contribution in [0.25, 0.3) is 0 Å². The van der Waals surface area contributed by atoms with Crippen molar-refractivity contribution in [2.75, 3.05) is 10.6 Å². The third kappa shape index (κ3) is 6.50. The Hall–Kier alpha value is -2.47. The second kappa shape index (κ2) is 11.2. The van der Waals surface area contributed by atoms with Crippen LogP contribution >= 0.6 is 35.0 Å². The number of hydrogen-bond acceptors (Lipinski definition) is 3. The number of benzene rings is 3. The predicted molar refractivity (Wildman–Crippen MR) is 130 cm³/mol. The van der Waals surface area contributed by atoms with Crippen molar-refractivity contribution >= 4 is 58.2 Å². The second-order valence-corrected chi connectivity index (χ2v) is 8.79. The Kier molecular flexibility index (Phi) is 8.41. The van der Waals surface area contributed by atoms with Gasteiger partial charge in [0.15, 0.2) is 0 Å². The molecule has 0 radical (unpaired) electrons. The molecule has 0 fully saturated rings. The highest BCUT2D eigenvalue weighted by Gasteiger charge is 2.23. The van der Waals surface area contributed by atoms with E-state index in [1.165, 1.54) is 11.8 Å². The Morgan fingerprint density at radius 1 is 0.903 bits per heavy atom. The monoisotopic (exact) mass is 472 g/mol. The van der Waals surface area contributed by atoms with Crippen LogP contribution in [-0.2, 0) is 9.59 Å². The van der Waals surface area contributed by atoms with E-state index in [1.807, 2.05) is 61.5 Å². The average Bonchev–Trinajstić information content (AvgIpc) is 2.77. The van der Waals surface area contributed by atoms with E-state index in [1.54, 1.807) is 18.2 Å². The van der Waals surface area contributed by atoms with Gasteiger partial charge >= 0.3 is 0 Å². The zero-order valence-corrected chi connectivity index (χ0v) is 19.2. The lowest BCUT2D eigenvalue weighted by Crippen LogP contribution is -2.19. The van der Waals surface area contributed by atoms with Gasteiger partial charge in [-0.1, -0.05) is 66.5 Å². The van der Waals surface area contributed by atoms with Gasteiger partial charge in [-0.25, -0.2) is 0 Å². The summed E-state index contributed by atoms with van der Waals surface area (Å²) >= 11 is 13.7. The second-order valence-electron chi connectivity index (χ2n) is 6.82. The van der Waals surface area contributed by atoms with Gasteiger partial charge in [0.25, 0.3) is 0 Å². The molecule has 3 rings (SSSR count). The summed E-state index contributed by atoms with van der Waals surface area (Å²) in [5.74, 6) is -0.219. The maximum absolute atomic E-state index is 13.2. The minimum atomic E-state index is -0.503. The van der Waals surface area contributed by atoms with E-state index in [2.05, 4.69) is 10.6 Å². The Bertz CT molecular complexity index is 1040. The van der Waals surface area contributed by atoms with Crippen molar-refractivity contribution in [1.82, 2.24) is 0 Å². The van der Waals surface area contributed by atoms with Crippen LogP contribution in [0.2, 0.25) is 10.0 Å². The fourth-order valence-electron chi connectivity index (χ4n) is 2.90. The van der Waals surface area contributed by atoms with E-state index < -0.39 is 5.25 Å². The van der Waals surface area contributed by atoms with Crippen LogP contribution in [0.4, 0.5) is 11.4 Å². The van der Waals surface area contributed by atoms with E-state index in [9.17, 15) is 9.59 Å². The van der Waals surface area contributed by atoms with E-state index in [-0.39, 0.29) is 11.8 Å². The molecule has 3 aromatic rings. The van der Waals surface area contributed by atoms with E-state index in [4.69, 9.17) is 23.2 Å². The molecule has 0 heterocycles. The summed E-state index contributed by atoms with van der Waals surface area (Å²) in [7, 11) is 0. The van der Waals surface area contributed by atoms with Gasteiger partial charge in [-0.2, -0.15) is 0 Å². The lowest BCUT2D eigenvalue weighted by molar-refractivity contribution is -0.116. The molecule has 0 aliphatic heterocycles. The van der Waals surface area contributed by atoms with Crippen molar-refractivity contribution in [2.45, 2.75) is 29.9 Å². The number of carbonyl (C=O) groups excluding carboxylic acids is 2. The molecule has 1 unspecified atom stereocenters. The van der Waals surface area contributed by atoms with Crippen LogP contribution in [0.15, 0.2) is 77.7 Å². The third-order valence-electron chi connectivity index (χ3n) is 4.42. The third-order valence-corrected chi connectivity index (χ3v) is 6.50. The molecule has 7 heteroatoms. The fourth-order valence-corrected chi connectivity index (χ4v) is 4.28. The fraction of sp³-hybridized carbons (Fsp3) is 0.167. The van der Waals surface area contributed by atoms with Gasteiger partial charge in [0.2, 0.25) is 11.8 Å². The largest absolute Gasteiger partial charge is 0.326 e. The van der Waals surface area contributed by atoms with Crippen LogP contribution in [0.1, 0.15) is 30.6 Å². The Balaban J connectivity index is 1.79. The Morgan fingerprint density at radius 3 is 2.29 bits per heavy atom. The maximum atomic E-state index is 13.2. The number of rotatable bonds is 8. The molecule has 0 aliphatic rings. The molecule has 2 amide bonds. The van der Waals surface area contributed by atoms with Gasteiger partial charge in [0, 0.05) is 17.0 Å². The van der Waals surface area contributed by atoms with Gasteiger partial charge < -0.3 is 10.6 Å². The molecule has 31 heavy (non-hydrogen) atoms. The van der Waals surface area contributed by atoms with Crippen molar-refractivity contribution < 1.29 is 9.59 Å². The van der Waals surface area contributed by atoms with Crippen LogP contribution in [0.5, 0.6) is 0 Å². The lowest BCUT2D eigenvalue weighted by atomic mass is 10.1. The predicted octanol–water partition coefficient (Wildman–Crippen LogP) is 7.20. The summed E-state index contributed by atoms with van der Waals surface area (Å²) in [4.78, 5) is 25.9. The zero-order valence-electron chi connectivity index (χ0n) is 16.9. The first-order chi connectivity index (χ1) is 15.0. The Morgan fingerprint density at radius 2 is 1.61 bits per heavy atom. The summed E-state index contributed by atoms with van der Waals surface area (Å²) in [5, 5.41) is 5.94. The number of anilines is 2. The minimum Gasteiger partial charge on any atom is -0.326 e. The highest BCUT2D eigenvalue weighted by molar-refractivity contribution is 8.00. The first-order valence-electron chi connectivity index (χ1n) is 9.84. The van der Waals surface area contributed by atoms with E-state index in [0.29, 0.717) is 22.2 Å². The first kappa shape index (κ1) is 23.2. The van der Waals surface area contributed by atoms with Crippen LogP contribution in [-0.4, -0.2) is 11.8 Å². The van der Waals surface area contributed by atoms with E-state index in [0.717, 1.165) is 22.6 Å². The minimum absolute atomic E-state index is 0.0113. The summed E-state index contributed by atoms with van der Waals surface area (Å²) in [5.41, 5.74) is 2.06. The lowest BCUT2D eigenvalue weighted by Gasteiger charge is -2.18. The number of carbonyl (C=O) groups is 2. The number of amides is 2. The van der Waals surface area contributed by atoms with Gasteiger partial charge in [-0.05, 0) is 48.4 Å². The topological polar surface area (TPSA) is 58.2 Å². The molecule has 1 atom stereocenters. The molecule has 0 bridgehead atoms. The van der Waals surface area contributed by atoms with Crippen molar-refractivity contribution in [2.24, 2.45) is 0 Å². The number of hydrogen-bond donors (Lipinski definition) is 2. The highest BCUT2D eigenvalue weighted by atomic mass is 35.5.